The van der Waals surface area contributed by atoms with Gasteiger partial charge in [0.1, 0.15) is 6.29 Å². The maximum Gasteiger partial charge on any atom is 0.126 e. The zero-order valence-corrected chi connectivity index (χ0v) is 7.88. The fourth-order valence-corrected chi connectivity index (χ4v) is 3.05. The second-order valence-corrected chi connectivity index (χ2v) is 4.65. The van der Waals surface area contributed by atoms with Gasteiger partial charge in [-0.25, -0.2) is 0 Å². The van der Waals surface area contributed by atoms with Crippen molar-refractivity contribution in [1.82, 2.24) is 0 Å². The Morgan fingerprint density at radius 3 is 2.33 bits per heavy atom. The Morgan fingerprint density at radius 2 is 2.00 bits per heavy atom. The topological polar surface area (TPSA) is 17.1 Å². The number of hydrogen-bond donors (Lipinski definition) is 0. The van der Waals surface area contributed by atoms with Gasteiger partial charge in [0.2, 0.25) is 0 Å². The normalized spacial score (nSPS) is 42.6. The molecule has 2 rings (SSSR count). The molecule has 0 bridgehead atoms. The first-order valence-corrected chi connectivity index (χ1v) is 5.26. The summed E-state index contributed by atoms with van der Waals surface area (Å²) in [4.78, 5) is 11.2. The first kappa shape index (κ1) is 8.28. The largest absolute Gasteiger partial charge is 0.303 e. The van der Waals surface area contributed by atoms with Crippen LogP contribution in [-0.2, 0) is 4.79 Å². The van der Waals surface area contributed by atoms with E-state index in [1.54, 1.807) is 0 Å². The highest BCUT2D eigenvalue weighted by Gasteiger charge is 2.48. The maximum absolute atomic E-state index is 11.2. The van der Waals surface area contributed by atoms with Gasteiger partial charge >= 0.3 is 0 Å². The second kappa shape index (κ2) is 2.86. The first-order chi connectivity index (χ1) is 5.79. The van der Waals surface area contributed by atoms with Crippen molar-refractivity contribution < 1.29 is 4.79 Å². The monoisotopic (exact) mass is 166 g/mol. The quantitative estimate of drug-likeness (QED) is 0.576. The van der Waals surface area contributed by atoms with Crippen LogP contribution in [0.4, 0.5) is 0 Å². The fourth-order valence-electron chi connectivity index (χ4n) is 3.05. The van der Waals surface area contributed by atoms with Crippen molar-refractivity contribution in [3.05, 3.63) is 0 Å². The van der Waals surface area contributed by atoms with Crippen LogP contribution in [0.5, 0.6) is 0 Å². The highest BCUT2D eigenvalue weighted by atomic mass is 16.1. The van der Waals surface area contributed by atoms with E-state index in [-0.39, 0.29) is 5.41 Å². The van der Waals surface area contributed by atoms with Crippen LogP contribution in [0.3, 0.4) is 0 Å². The third-order valence-corrected chi connectivity index (χ3v) is 4.25. The smallest absolute Gasteiger partial charge is 0.126 e. The average Bonchev–Trinajstić information content (AvgIpc) is 2.30. The summed E-state index contributed by atoms with van der Waals surface area (Å²) < 4.78 is 0. The molecule has 0 heterocycles. The van der Waals surface area contributed by atoms with E-state index in [0.717, 1.165) is 5.92 Å². The first-order valence-electron chi connectivity index (χ1n) is 5.26. The summed E-state index contributed by atoms with van der Waals surface area (Å²) in [5.41, 5.74) is 0.109. The molecule has 12 heavy (non-hydrogen) atoms. The van der Waals surface area contributed by atoms with E-state index in [2.05, 4.69) is 6.92 Å². The highest BCUT2D eigenvalue weighted by Crippen LogP contribution is 2.53. The molecule has 1 nitrogen and oxygen atoms in total. The van der Waals surface area contributed by atoms with Crippen LogP contribution < -0.4 is 0 Å². The van der Waals surface area contributed by atoms with Crippen molar-refractivity contribution in [3.8, 4) is 0 Å². The molecule has 0 N–H and O–H groups in total. The molecule has 0 aromatic carbocycles. The molecule has 0 radical (unpaired) electrons. The maximum atomic E-state index is 11.2. The molecule has 0 aromatic rings. The van der Waals surface area contributed by atoms with Crippen LogP contribution >= 0.6 is 0 Å². The molecule has 2 unspecified atom stereocenters. The Hall–Kier alpha value is -0.330. The van der Waals surface area contributed by atoms with Crippen molar-refractivity contribution in [2.24, 2.45) is 17.3 Å². The Kier molecular flexibility index (Phi) is 1.97. The van der Waals surface area contributed by atoms with Crippen LogP contribution in [0.25, 0.3) is 0 Å². The van der Waals surface area contributed by atoms with Crippen molar-refractivity contribution in [1.29, 1.82) is 0 Å². The molecule has 0 aromatic heterocycles. The third-order valence-electron chi connectivity index (χ3n) is 4.25. The molecule has 2 aliphatic rings. The lowest BCUT2D eigenvalue weighted by molar-refractivity contribution is -0.123. The van der Waals surface area contributed by atoms with Crippen LogP contribution in [0.2, 0.25) is 0 Å². The standard InChI is InChI=1S/C11H18O/c1-9-4-3-7-11(9,8-12)10-5-2-6-10/h8-10H,2-7H2,1H3. The van der Waals surface area contributed by atoms with Gasteiger partial charge in [0.15, 0.2) is 0 Å². The minimum atomic E-state index is 0.109. The fraction of sp³-hybridized carbons (Fsp3) is 0.909. The lowest BCUT2D eigenvalue weighted by Gasteiger charge is -2.42. The molecule has 0 saturated heterocycles. The number of rotatable bonds is 2. The number of aldehydes is 1. The van der Waals surface area contributed by atoms with Gasteiger partial charge in [-0.05, 0) is 37.5 Å². The van der Waals surface area contributed by atoms with Crippen molar-refractivity contribution in [2.45, 2.75) is 45.4 Å². The second-order valence-electron chi connectivity index (χ2n) is 4.65. The van der Waals surface area contributed by atoms with Crippen LogP contribution in [0, 0.1) is 17.3 Å². The van der Waals surface area contributed by atoms with Gasteiger partial charge in [0.25, 0.3) is 0 Å². The SMILES string of the molecule is CC1CCCC1(C=O)C1CCC1. The molecule has 0 aliphatic heterocycles. The molecule has 0 amide bonds. The van der Waals surface area contributed by atoms with Crippen molar-refractivity contribution >= 4 is 6.29 Å². The van der Waals surface area contributed by atoms with Crippen molar-refractivity contribution in [3.63, 3.8) is 0 Å². The summed E-state index contributed by atoms with van der Waals surface area (Å²) in [5, 5.41) is 0. The summed E-state index contributed by atoms with van der Waals surface area (Å²) in [6.45, 7) is 2.26. The summed E-state index contributed by atoms with van der Waals surface area (Å²) in [6, 6.07) is 0. The van der Waals surface area contributed by atoms with Crippen LogP contribution in [0.1, 0.15) is 45.4 Å². The van der Waals surface area contributed by atoms with Gasteiger partial charge in [-0.15, -0.1) is 0 Å². The lowest BCUT2D eigenvalue weighted by atomic mass is 9.61. The number of carbonyl (C=O) groups is 1. The van der Waals surface area contributed by atoms with Crippen LogP contribution in [0.15, 0.2) is 0 Å². The molecule has 68 valence electrons. The summed E-state index contributed by atoms with van der Waals surface area (Å²) >= 11 is 0. The van der Waals surface area contributed by atoms with E-state index in [4.69, 9.17) is 0 Å². The van der Waals surface area contributed by atoms with Gasteiger partial charge < -0.3 is 4.79 Å². The Balaban J connectivity index is 2.16. The van der Waals surface area contributed by atoms with Crippen molar-refractivity contribution in [2.75, 3.05) is 0 Å². The zero-order valence-electron chi connectivity index (χ0n) is 7.88. The van der Waals surface area contributed by atoms with E-state index in [1.165, 1.54) is 44.8 Å². The number of carbonyl (C=O) groups excluding carboxylic acids is 1. The Bertz CT molecular complexity index is 183. The molecule has 2 atom stereocenters. The minimum Gasteiger partial charge on any atom is -0.303 e. The van der Waals surface area contributed by atoms with E-state index in [0.29, 0.717) is 5.92 Å². The Labute approximate surface area is 74.5 Å². The van der Waals surface area contributed by atoms with E-state index in [1.807, 2.05) is 0 Å². The van der Waals surface area contributed by atoms with Gasteiger partial charge in [0, 0.05) is 5.41 Å². The molecule has 2 aliphatic carbocycles. The van der Waals surface area contributed by atoms with Gasteiger partial charge in [-0.3, -0.25) is 0 Å². The van der Waals surface area contributed by atoms with Gasteiger partial charge in [0.05, 0.1) is 0 Å². The average molecular weight is 166 g/mol. The molecular weight excluding hydrogens is 148 g/mol. The van der Waals surface area contributed by atoms with Gasteiger partial charge in [-0.1, -0.05) is 19.8 Å². The van der Waals surface area contributed by atoms with E-state index in [9.17, 15) is 4.79 Å². The summed E-state index contributed by atoms with van der Waals surface area (Å²) in [7, 11) is 0. The Morgan fingerprint density at radius 1 is 1.25 bits per heavy atom. The summed E-state index contributed by atoms with van der Waals surface area (Å²) in [5.74, 6) is 1.40. The predicted octanol–water partition coefficient (Wildman–Crippen LogP) is 2.79. The lowest BCUT2D eigenvalue weighted by Crippen LogP contribution is -2.38. The molecule has 0 spiro atoms. The number of hydrogen-bond acceptors (Lipinski definition) is 1. The highest BCUT2D eigenvalue weighted by molar-refractivity contribution is 5.61. The zero-order chi connectivity index (χ0) is 8.60. The van der Waals surface area contributed by atoms with E-state index < -0.39 is 0 Å². The predicted molar refractivity (Wildman–Crippen MR) is 48.9 cm³/mol. The molecule has 2 saturated carbocycles. The molecule has 1 heteroatoms. The van der Waals surface area contributed by atoms with E-state index >= 15 is 0 Å². The third kappa shape index (κ3) is 0.949. The van der Waals surface area contributed by atoms with Gasteiger partial charge in [-0.2, -0.15) is 0 Å². The minimum absolute atomic E-state index is 0.109. The molecular formula is C11H18O. The van der Waals surface area contributed by atoms with Crippen LogP contribution in [-0.4, -0.2) is 6.29 Å². The molecule has 2 fully saturated rings. The summed E-state index contributed by atoms with van der Waals surface area (Å²) in [6.07, 6.45) is 8.97.